The summed E-state index contributed by atoms with van der Waals surface area (Å²) in [5.74, 6) is 1.75. The molecule has 0 saturated heterocycles. The van der Waals surface area contributed by atoms with Gasteiger partial charge in [-0.1, -0.05) is 36.4 Å². The van der Waals surface area contributed by atoms with E-state index in [4.69, 9.17) is 0 Å². The third kappa shape index (κ3) is 4.50. The molecule has 132 valence electrons. The number of para-hydroxylation sites is 2. The van der Waals surface area contributed by atoms with E-state index in [-0.39, 0.29) is 24.0 Å². The van der Waals surface area contributed by atoms with Gasteiger partial charge in [-0.3, -0.25) is 4.99 Å². The van der Waals surface area contributed by atoms with Gasteiger partial charge in [-0.2, -0.15) is 0 Å². The van der Waals surface area contributed by atoms with Crippen LogP contribution in [-0.4, -0.2) is 22.6 Å². The molecule has 0 unspecified atom stereocenters. The maximum atomic E-state index is 4.67. The van der Waals surface area contributed by atoms with Crippen LogP contribution in [0.3, 0.4) is 0 Å². The van der Waals surface area contributed by atoms with E-state index in [9.17, 15) is 0 Å². The minimum atomic E-state index is 0. The van der Waals surface area contributed by atoms with Gasteiger partial charge in [0.25, 0.3) is 0 Å². The van der Waals surface area contributed by atoms with Crippen molar-refractivity contribution in [3.05, 3.63) is 65.5 Å². The number of nitrogens with zero attached hydrogens (tertiary/aromatic N) is 3. The molecule has 2 aromatic carbocycles. The molecule has 0 amide bonds. The molecule has 0 bridgehead atoms. The van der Waals surface area contributed by atoms with Crippen LogP contribution < -0.4 is 10.6 Å². The van der Waals surface area contributed by atoms with Gasteiger partial charge in [-0.25, -0.2) is 4.98 Å². The highest BCUT2D eigenvalue weighted by molar-refractivity contribution is 14.0. The molecule has 2 N–H and O–H groups in total. The first-order valence-electron chi connectivity index (χ1n) is 8.08. The van der Waals surface area contributed by atoms with E-state index in [1.165, 1.54) is 11.1 Å². The standard InChI is InChI=1S/C19H23N5.HI/c1-14-8-4-5-9-15(14)12-21-19(20-2)22-13-18-23-16-10-6-7-11-17(16)24(18)3;/h4-11H,12-13H2,1-3H3,(H2,20,21,22);1H. The second-order valence-corrected chi connectivity index (χ2v) is 5.78. The molecule has 0 aliphatic heterocycles. The summed E-state index contributed by atoms with van der Waals surface area (Å²) in [4.78, 5) is 8.96. The third-order valence-electron chi connectivity index (χ3n) is 4.22. The molecule has 0 aliphatic rings. The van der Waals surface area contributed by atoms with Gasteiger partial charge in [0.05, 0.1) is 17.6 Å². The first-order valence-corrected chi connectivity index (χ1v) is 8.08. The Hall–Kier alpha value is -2.09. The van der Waals surface area contributed by atoms with E-state index in [1.54, 1.807) is 7.05 Å². The van der Waals surface area contributed by atoms with Crippen LogP contribution in [0.5, 0.6) is 0 Å². The molecule has 0 radical (unpaired) electrons. The molecule has 1 heterocycles. The molecule has 3 rings (SSSR count). The van der Waals surface area contributed by atoms with Crippen LogP contribution in [0.4, 0.5) is 0 Å². The SMILES string of the molecule is CN=C(NCc1ccccc1C)NCc1nc2ccccc2n1C.I. The Morgan fingerprint density at radius 3 is 2.44 bits per heavy atom. The molecule has 3 aromatic rings. The van der Waals surface area contributed by atoms with Crippen LogP contribution >= 0.6 is 24.0 Å². The molecule has 6 heteroatoms. The number of guanidine groups is 1. The van der Waals surface area contributed by atoms with Crippen molar-refractivity contribution in [2.24, 2.45) is 12.0 Å². The number of fused-ring (bicyclic) bond motifs is 1. The summed E-state index contributed by atoms with van der Waals surface area (Å²) in [7, 11) is 3.82. The molecule has 25 heavy (non-hydrogen) atoms. The van der Waals surface area contributed by atoms with Gasteiger partial charge in [-0.05, 0) is 30.2 Å². The first-order chi connectivity index (χ1) is 11.7. The zero-order valence-corrected chi connectivity index (χ0v) is 17.1. The van der Waals surface area contributed by atoms with Gasteiger partial charge in [0, 0.05) is 20.6 Å². The summed E-state index contributed by atoms with van der Waals surface area (Å²) in [6, 6.07) is 16.5. The second-order valence-electron chi connectivity index (χ2n) is 5.78. The summed E-state index contributed by atoms with van der Waals surface area (Å²) in [5, 5.41) is 6.68. The predicted molar refractivity (Wildman–Crippen MR) is 114 cm³/mol. The van der Waals surface area contributed by atoms with E-state index in [0.717, 1.165) is 29.4 Å². The predicted octanol–water partition coefficient (Wildman–Crippen LogP) is 3.36. The summed E-state index contributed by atoms with van der Waals surface area (Å²) >= 11 is 0. The molecule has 5 nitrogen and oxygen atoms in total. The van der Waals surface area contributed by atoms with Crippen molar-refractivity contribution in [3.63, 3.8) is 0 Å². The lowest BCUT2D eigenvalue weighted by atomic mass is 10.1. The number of nitrogens with one attached hydrogen (secondary N) is 2. The number of halogens is 1. The minimum Gasteiger partial charge on any atom is -0.352 e. The van der Waals surface area contributed by atoms with Crippen LogP contribution in [0.2, 0.25) is 0 Å². The highest BCUT2D eigenvalue weighted by Gasteiger charge is 2.07. The number of hydrogen-bond donors (Lipinski definition) is 2. The molecular formula is C19H24IN5. The van der Waals surface area contributed by atoms with Gasteiger partial charge >= 0.3 is 0 Å². The van der Waals surface area contributed by atoms with E-state index in [2.05, 4.69) is 62.4 Å². The van der Waals surface area contributed by atoms with Crippen LogP contribution in [0, 0.1) is 6.92 Å². The lowest BCUT2D eigenvalue weighted by Crippen LogP contribution is -2.37. The molecular weight excluding hydrogens is 425 g/mol. The number of rotatable bonds is 4. The Morgan fingerprint density at radius 1 is 1.04 bits per heavy atom. The zero-order chi connectivity index (χ0) is 16.9. The van der Waals surface area contributed by atoms with Crippen molar-refractivity contribution in [3.8, 4) is 0 Å². The van der Waals surface area contributed by atoms with Crippen molar-refractivity contribution in [2.75, 3.05) is 7.05 Å². The van der Waals surface area contributed by atoms with Crippen molar-refractivity contribution in [2.45, 2.75) is 20.0 Å². The van der Waals surface area contributed by atoms with Gasteiger partial charge in [0.2, 0.25) is 0 Å². The van der Waals surface area contributed by atoms with Crippen molar-refractivity contribution in [1.82, 2.24) is 20.2 Å². The van der Waals surface area contributed by atoms with Crippen molar-refractivity contribution in [1.29, 1.82) is 0 Å². The monoisotopic (exact) mass is 449 g/mol. The van der Waals surface area contributed by atoms with E-state index in [1.807, 2.05) is 25.2 Å². The van der Waals surface area contributed by atoms with Crippen LogP contribution in [-0.2, 0) is 20.1 Å². The lowest BCUT2D eigenvalue weighted by Gasteiger charge is -2.13. The average Bonchev–Trinajstić information content (AvgIpc) is 2.93. The van der Waals surface area contributed by atoms with Crippen LogP contribution in [0.25, 0.3) is 11.0 Å². The average molecular weight is 449 g/mol. The molecule has 0 atom stereocenters. The molecule has 1 aromatic heterocycles. The minimum absolute atomic E-state index is 0. The fourth-order valence-electron chi connectivity index (χ4n) is 2.72. The Labute approximate surface area is 165 Å². The normalized spacial score (nSPS) is 11.2. The fourth-order valence-corrected chi connectivity index (χ4v) is 2.72. The number of aliphatic imine (C=N–C) groups is 1. The Bertz CT molecular complexity index is 869. The van der Waals surface area contributed by atoms with E-state index < -0.39 is 0 Å². The number of aromatic nitrogens is 2. The molecule has 0 spiro atoms. The number of hydrogen-bond acceptors (Lipinski definition) is 2. The summed E-state index contributed by atoms with van der Waals surface area (Å²) < 4.78 is 2.11. The summed E-state index contributed by atoms with van der Waals surface area (Å²) in [5.41, 5.74) is 4.69. The molecule has 0 aliphatic carbocycles. The summed E-state index contributed by atoms with van der Waals surface area (Å²) in [6.07, 6.45) is 0. The number of aryl methyl sites for hydroxylation is 2. The van der Waals surface area contributed by atoms with Crippen LogP contribution in [0.1, 0.15) is 17.0 Å². The molecule has 0 saturated carbocycles. The highest BCUT2D eigenvalue weighted by Crippen LogP contribution is 2.13. The van der Waals surface area contributed by atoms with Gasteiger partial charge in [-0.15, -0.1) is 24.0 Å². The van der Waals surface area contributed by atoms with Gasteiger partial charge in [0.15, 0.2) is 5.96 Å². The zero-order valence-electron chi connectivity index (χ0n) is 14.8. The largest absolute Gasteiger partial charge is 0.352 e. The van der Waals surface area contributed by atoms with Crippen molar-refractivity contribution < 1.29 is 0 Å². The Kier molecular flexibility index (Phi) is 6.81. The Balaban J connectivity index is 0.00000225. The number of imidazole rings is 1. The third-order valence-corrected chi connectivity index (χ3v) is 4.22. The van der Waals surface area contributed by atoms with Crippen LogP contribution in [0.15, 0.2) is 53.5 Å². The second kappa shape index (κ2) is 8.84. The highest BCUT2D eigenvalue weighted by atomic mass is 127. The Morgan fingerprint density at radius 2 is 1.72 bits per heavy atom. The number of benzene rings is 2. The lowest BCUT2D eigenvalue weighted by molar-refractivity contribution is 0.736. The maximum Gasteiger partial charge on any atom is 0.191 e. The van der Waals surface area contributed by atoms with E-state index >= 15 is 0 Å². The fraction of sp³-hybridized carbons (Fsp3) is 0.263. The first kappa shape index (κ1) is 19.2. The topological polar surface area (TPSA) is 54.2 Å². The van der Waals surface area contributed by atoms with E-state index in [0.29, 0.717) is 6.54 Å². The quantitative estimate of drug-likeness (QED) is 0.365. The summed E-state index contributed by atoms with van der Waals surface area (Å²) in [6.45, 7) is 3.49. The maximum absolute atomic E-state index is 4.67. The van der Waals surface area contributed by atoms with Gasteiger partial charge in [0.1, 0.15) is 5.82 Å². The molecule has 0 fully saturated rings. The van der Waals surface area contributed by atoms with Gasteiger partial charge < -0.3 is 15.2 Å². The smallest absolute Gasteiger partial charge is 0.191 e. The van der Waals surface area contributed by atoms with Crippen molar-refractivity contribution >= 4 is 41.0 Å².